The van der Waals surface area contributed by atoms with E-state index in [4.69, 9.17) is 9.26 Å². The van der Waals surface area contributed by atoms with E-state index in [1.807, 2.05) is 42.0 Å². The average molecular weight is 316 g/mol. The average Bonchev–Trinajstić information content (AvgIpc) is 3.21. The largest absolute Gasteiger partial charge is 0.497 e. The molecule has 0 amide bonds. The normalized spacial score (nSPS) is 10.8. The lowest BCUT2D eigenvalue weighted by atomic mass is 10.3. The van der Waals surface area contributed by atoms with E-state index in [1.165, 1.54) is 0 Å². The van der Waals surface area contributed by atoms with Crippen molar-refractivity contribution in [2.24, 2.45) is 0 Å². The monoisotopic (exact) mass is 316 g/mol. The molecule has 22 heavy (non-hydrogen) atoms. The van der Waals surface area contributed by atoms with E-state index in [0.29, 0.717) is 11.6 Å². The van der Waals surface area contributed by atoms with Crippen molar-refractivity contribution in [3.8, 4) is 11.4 Å². The van der Waals surface area contributed by atoms with Gasteiger partial charge < -0.3 is 9.26 Å². The molecular formula is C15H16N4O2S. The first-order valence-electron chi connectivity index (χ1n) is 6.92. The molecule has 0 aliphatic rings. The van der Waals surface area contributed by atoms with Gasteiger partial charge in [0.15, 0.2) is 11.0 Å². The van der Waals surface area contributed by atoms with Gasteiger partial charge in [-0.3, -0.25) is 4.57 Å². The fraction of sp³-hybridized carbons (Fsp3) is 0.267. The number of benzene rings is 1. The summed E-state index contributed by atoms with van der Waals surface area (Å²) in [7, 11) is 1.66. The maximum atomic E-state index is 5.26. The molecular weight excluding hydrogens is 300 g/mol. The lowest BCUT2D eigenvalue weighted by molar-refractivity contribution is 0.385. The highest BCUT2D eigenvalue weighted by molar-refractivity contribution is 7.98. The van der Waals surface area contributed by atoms with E-state index in [9.17, 15) is 0 Å². The van der Waals surface area contributed by atoms with E-state index in [-0.39, 0.29) is 0 Å². The highest BCUT2D eigenvalue weighted by Crippen LogP contribution is 2.25. The van der Waals surface area contributed by atoms with Gasteiger partial charge in [0.25, 0.3) is 0 Å². The van der Waals surface area contributed by atoms with Crippen molar-refractivity contribution in [2.45, 2.75) is 24.3 Å². The van der Waals surface area contributed by atoms with Crippen LogP contribution >= 0.6 is 11.8 Å². The molecule has 3 aromatic rings. The molecule has 0 radical (unpaired) electrons. The molecule has 0 saturated carbocycles. The zero-order valence-electron chi connectivity index (χ0n) is 12.4. The first-order chi connectivity index (χ1) is 10.8. The number of hydrogen-bond donors (Lipinski definition) is 0. The SMILES string of the molecule is CCc1noc(CSc2nccn2-c2cccc(OC)c2)n1. The van der Waals surface area contributed by atoms with Gasteiger partial charge in [0.2, 0.25) is 5.89 Å². The van der Waals surface area contributed by atoms with Crippen LogP contribution in [0.3, 0.4) is 0 Å². The molecule has 2 heterocycles. The van der Waals surface area contributed by atoms with Crippen LogP contribution in [-0.2, 0) is 12.2 Å². The summed E-state index contributed by atoms with van der Waals surface area (Å²) in [5, 5.41) is 4.76. The topological polar surface area (TPSA) is 66.0 Å². The number of methoxy groups -OCH3 is 1. The van der Waals surface area contributed by atoms with Gasteiger partial charge in [-0.25, -0.2) is 4.98 Å². The van der Waals surface area contributed by atoms with Gasteiger partial charge in [-0.05, 0) is 12.1 Å². The van der Waals surface area contributed by atoms with E-state index < -0.39 is 0 Å². The van der Waals surface area contributed by atoms with Crippen LogP contribution < -0.4 is 4.74 Å². The highest BCUT2D eigenvalue weighted by Gasteiger charge is 2.10. The minimum Gasteiger partial charge on any atom is -0.497 e. The van der Waals surface area contributed by atoms with Gasteiger partial charge in [0.1, 0.15) is 5.75 Å². The fourth-order valence-corrected chi connectivity index (χ4v) is 2.78. The molecule has 3 rings (SSSR count). The van der Waals surface area contributed by atoms with Crippen LogP contribution in [0.25, 0.3) is 5.69 Å². The van der Waals surface area contributed by atoms with Crippen LogP contribution in [0.4, 0.5) is 0 Å². The van der Waals surface area contributed by atoms with Crippen molar-refractivity contribution in [1.82, 2.24) is 19.7 Å². The molecule has 0 atom stereocenters. The Morgan fingerprint density at radius 1 is 1.36 bits per heavy atom. The third kappa shape index (κ3) is 3.14. The molecule has 0 spiro atoms. The van der Waals surface area contributed by atoms with Gasteiger partial charge in [-0.2, -0.15) is 4.98 Å². The second kappa shape index (κ2) is 6.65. The van der Waals surface area contributed by atoms with Crippen LogP contribution in [0, 0.1) is 0 Å². The van der Waals surface area contributed by atoms with Crippen LogP contribution in [0.1, 0.15) is 18.6 Å². The Balaban J connectivity index is 1.76. The first kappa shape index (κ1) is 14.6. The summed E-state index contributed by atoms with van der Waals surface area (Å²) in [6, 6.07) is 7.84. The summed E-state index contributed by atoms with van der Waals surface area (Å²) in [6.45, 7) is 2.00. The molecule has 114 valence electrons. The zero-order valence-corrected chi connectivity index (χ0v) is 13.2. The molecule has 1 aromatic carbocycles. The summed E-state index contributed by atoms with van der Waals surface area (Å²) in [4.78, 5) is 8.69. The van der Waals surface area contributed by atoms with E-state index in [1.54, 1.807) is 25.1 Å². The molecule has 0 aliphatic heterocycles. The summed E-state index contributed by atoms with van der Waals surface area (Å²) in [6.07, 6.45) is 4.46. The molecule has 0 aliphatic carbocycles. The van der Waals surface area contributed by atoms with Crippen LogP contribution in [-0.4, -0.2) is 26.8 Å². The molecule has 0 bridgehead atoms. The van der Waals surface area contributed by atoms with Crippen molar-refractivity contribution >= 4 is 11.8 Å². The van der Waals surface area contributed by atoms with Gasteiger partial charge >= 0.3 is 0 Å². The number of thioether (sulfide) groups is 1. The van der Waals surface area contributed by atoms with Gasteiger partial charge in [0.05, 0.1) is 18.6 Å². The lowest BCUT2D eigenvalue weighted by Gasteiger charge is -2.08. The van der Waals surface area contributed by atoms with Crippen molar-refractivity contribution in [1.29, 1.82) is 0 Å². The Hall–Kier alpha value is -2.28. The number of aryl methyl sites for hydroxylation is 1. The van der Waals surface area contributed by atoms with Crippen molar-refractivity contribution in [2.75, 3.05) is 7.11 Å². The number of nitrogens with zero attached hydrogens (tertiary/aromatic N) is 4. The maximum absolute atomic E-state index is 5.26. The van der Waals surface area contributed by atoms with Crippen LogP contribution in [0.5, 0.6) is 5.75 Å². The number of rotatable bonds is 6. The van der Waals surface area contributed by atoms with Crippen LogP contribution in [0.15, 0.2) is 46.3 Å². The number of hydrogen-bond acceptors (Lipinski definition) is 6. The second-order valence-corrected chi connectivity index (χ2v) is 5.47. The molecule has 0 N–H and O–H groups in total. The van der Waals surface area contributed by atoms with Crippen LogP contribution in [0.2, 0.25) is 0 Å². The number of ether oxygens (including phenoxy) is 1. The summed E-state index contributed by atoms with van der Waals surface area (Å²) in [5.74, 6) is 2.74. The molecule has 0 saturated heterocycles. The van der Waals surface area contributed by atoms with Gasteiger partial charge in [0, 0.05) is 24.9 Å². The highest BCUT2D eigenvalue weighted by atomic mass is 32.2. The quantitative estimate of drug-likeness (QED) is 0.651. The summed E-state index contributed by atoms with van der Waals surface area (Å²) < 4.78 is 12.5. The van der Waals surface area contributed by atoms with Crippen molar-refractivity contribution in [3.05, 3.63) is 48.4 Å². The van der Waals surface area contributed by atoms with E-state index in [2.05, 4.69) is 15.1 Å². The predicted molar refractivity (Wildman–Crippen MR) is 83.4 cm³/mol. The Morgan fingerprint density at radius 2 is 2.27 bits per heavy atom. The fourth-order valence-electron chi connectivity index (χ4n) is 1.97. The van der Waals surface area contributed by atoms with Crippen molar-refractivity contribution in [3.63, 3.8) is 0 Å². The minimum absolute atomic E-state index is 0.591. The second-order valence-electron chi connectivity index (χ2n) is 4.53. The predicted octanol–water partition coefficient (Wildman–Crippen LogP) is 3.12. The third-order valence-electron chi connectivity index (χ3n) is 3.09. The maximum Gasteiger partial charge on any atom is 0.237 e. The van der Waals surface area contributed by atoms with Crippen molar-refractivity contribution < 1.29 is 9.26 Å². The minimum atomic E-state index is 0.591. The molecule has 0 fully saturated rings. The molecule has 0 unspecified atom stereocenters. The van der Waals surface area contributed by atoms with Gasteiger partial charge in [-0.15, -0.1) is 0 Å². The first-order valence-corrected chi connectivity index (χ1v) is 7.90. The molecule has 2 aromatic heterocycles. The number of aromatic nitrogens is 4. The summed E-state index contributed by atoms with van der Waals surface area (Å²) in [5.41, 5.74) is 0.999. The Morgan fingerprint density at radius 3 is 3.05 bits per heavy atom. The van der Waals surface area contributed by atoms with E-state index in [0.717, 1.165) is 28.8 Å². The lowest BCUT2D eigenvalue weighted by Crippen LogP contribution is -1.96. The Bertz CT molecular complexity index is 753. The number of imidazole rings is 1. The molecule has 7 heteroatoms. The van der Waals surface area contributed by atoms with E-state index >= 15 is 0 Å². The third-order valence-corrected chi connectivity index (χ3v) is 4.04. The Labute approximate surface area is 132 Å². The summed E-state index contributed by atoms with van der Waals surface area (Å²) >= 11 is 1.55. The smallest absolute Gasteiger partial charge is 0.237 e. The standard InChI is InChI=1S/C15H16N4O2S/c1-3-13-17-14(21-18-13)10-22-15-16-7-8-19(15)11-5-4-6-12(9-11)20-2/h4-9H,3,10H2,1-2H3. The zero-order chi connectivity index (χ0) is 15.4. The molecule has 6 nitrogen and oxygen atoms in total. The Kier molecular flexibility index (Phi) is 4.43. The van der Waals surface area contributed by atoms with Gasteiger partial charge in [-0.1, -0.05) is 29.9 Å².